The summed E-state index contributed by atoms with van der Waals surface area (Å²) in [4.78, 5) is 4.11. The van der Waals surface area contributed by atoms with Crippen molar-refractivity contribution < 1.29 is 13.2 Å². The first-order valence-corrected chi connectivity index (χ1v) is 8.83. The summed E-state index contributed by atoms with van der Waals surface area (Å²) >= 11 is 12.4. The van der Waals surface area contributed by atoms with Crippen LogP contribution in [0, 0.1) is 0 Å². The summed E-state index contributed by atoms with van der Waals surface area (Å²) in [6, 6.07) is 5.12. The maximum Gasteiger partial charge on any atom is 0.210 e. The van der Waals surface area contributed by atoms with Crippen molar-refractivity contribution in [2.45, 2.75) is 4.34 Å². The van der Waals surface area contributed by atoms with Crippen LogP contribution in [0.4, 0.5) is 0 Å². The normalized spacial score (nSPS) is 12.1. The van der Waals surface area contributed by atoms with Crippen LogP contribution in [0.15, 0.2) is 22.5 Å². The second-order valence-corrected chi connectivity index (χ2v) is 7.84. The number of alkyl halides is 1. The van der Waals surface area contributed by atoms with Crippen LogP contribution >= 0.6 is 34.5 Å². The van der Waals surface area contributed by atoms with E-state index in [0.717, 1.165) is 16.0 Å². The number of sulfone groups is 1. The Hall–Kier alpha value is -0.400. The summed E-state index contributed by atoms with van der Waals surface area (Å²) < 4.78 is 30.1. The fourth-order valence-corrected chi connectivity index (χ4v) is 4.15. The van der Waals surface area contributed by atoms with Gasteiger partial charge in [0.2, 0.25) is 14.2 Å². The number of hydrogen-bond donors (Lipinski definition) is 0. The largest absolute Gasteiger partial charge is 0.379 e. The van der Waals surface area contributed by atoms with Crippen LogP contribution in [-0.2, 0) is 14.6 Å². The zero-order chi connectivity index (χ0) is 13.9. The molecule has 0 fully saturated rings. The molecule has 0 radical (unpaired) electrons. The molecule has 0 amide bonds. The van der Waals surface area contributed by atoms with Crippen LogP contribution < -0.4 is 0 Å². The molecule has 0 N–H and O–H groups in total. The number of nitrogens with zero attached hydrogens (tertiary/aromatic N) is 1. The van der Waals surface area contributed by atoms with Gasteiger partial charge in [-0.25, -0.2) is 13.4 Å². The molecule has 2 rings (SSSR count). The molecule has 1 aromatic carbocycles. The van der Waals surface area contributed by atoms with E-state index in [0.29, 0.717) is 23.0 Å². The monoisotopic (exact) mass is 339 g/mol. The summed E-state index contributed by atoms with van der Waals surface area (Å²) in [7, 11) is -3.42. The van der Waals surface area contributed by atoms with E-state index < -0.39 is 9.84 Å². The highest BCUT2D eigenvalue weighted by Crippen LogP contribution is 2.28. The van der Waals surface area contributed by atoms with Crippen LogP contribution in [0.1, 0.15) is 0 Å². The molecule has 104 valence electrons. The molecule has 0 saturated heterocycles. The van der Waals surface area contributed by atoms with Crippen molar-refractivity contribution in [3.05, 3.63) is 23.2 Å². The third kappa shape index (κ3) is 3.79. The minimum atomic E-state index is -3.42. The predicted molar refractivity (Wildman–Crippen MR) is 78.2 cm³/mol. The van der Waals surface area contributed by atoms with Crippen molar-refractivity contribution in [2.24, 2.45) is 0 Å². The van der Waals surface area contributed by atoms with Gasteiger partial charge in [0, 0.05) is 10.9 Å². The maximum atomic E-state index is 12.1. The number of fused-ring (bicyclic) bond motifs is 1. The fourth-order valence-electron chi connectivity index (χ4n) is 1.43. The second kappa shape index (κ2) is 6.37. The Labute approximate surface area is 125 Å². The SMILES string of the molecule is O=S(=O)(CCOCCCl)c1nc2cc(Cl)ccc2s1. The van der Waals surface area contributed by atoms with Crippen molar-refractivity contribution in [2.75, 3.05) is 24.8 Å². The molecule has 1 aromatic heterocycles. The van der Waals surface area contributed by atoms with Gasteiger partial charge in [0.05, 0.1) is 29.2 Å². The lowest BCUT2D eigenvalue weighted by Crippen LogP contribution is -2.13. The molecule has 0 atom stereocenters. The van der Waals surface area contributed by atoms with E-state index in [2.05, 4.69) is 4.98 Å². The average molecular weight is 340 g/mol. The lowest BCUT2D eigenvalue weighted by Gasteiger charge is -2.01. The minimum Gasteiger partial charge on any atom is -0.379 e. The van der Waals surface area contributed by atoms with E-state index in [1.165, 1.54) is 0 Å². The summed E-state index contributed by atoms with van der Waals surface area (Å²) in [5, 5.41) is 0.534. The summed E-state index contributed by atoms with van der Waals surface area (Å²) in [6.07, 6.45) is 0. The first kappa shape index (κ1) is 15.0. The third-order valence-corrected chi connectivity index (χ3v) is 5.87. The van der Waals surface area contributed by atoms with Gasteiger partial charge in [0.1, 0.15) is 0 Å². The highest BCUT2D eigenvalue weighted by molar-refractivity contribution is 7.93. The van der Waals surface area contributed by atoms with Crippen molar-refractivity contribution in [1.29, 1.82) is 0 Å². The maximum absolute atomic E-state index is 12.1. The van der Waals surface area contributed by atoms with Crippen LogP contribution in [0.5, 0.6) is 0 Å². The molecule has 19 heavy (non-hydrogen) atoms. The van der Waals surface area contributed by atoms with Gasteiger partial charge in [0.25, 0.3) is 0 Å². The van der Waals surface area contributed by atoms with Crippen LogP contribution in [0.25, 0.3) is 10.2 Å². The standard InChI is InChI=1S/C11H11Cl2NO3S2/c12-3-4-17-5-6-19(15,16)11-14-9-7-8(13)1-2-10(9)18-11/h1-2,7H,3-6H2. The summed E-state index contributed by atoms with van der Waals surface area (Å²) in [5.74, 6) is 0.247. The highest BCUT2D eigenvalue weighted by Gasteiger charge is 2.19. The van der Waals surface area contributed by atoms with E-state index in [1.54, 1.807) is 18.2 Å². The van der Waals surface area contributed by atoms with Gasteiger partial charge in [-0.2, -0.15) is 0 Å². The quantitative estimate of drug-likeness (QED) is 0.599. The summed E-state index contributed by atoms with van der Waals surface area (Å²) in [6.45, 7) is 0.457. The zero-order valence-electron chi connectivity index (χ0n) is 9.80. The molecule has 0 saturated carbocycles. The molecule has 0 bridgehead atoms. The van der Waals surface area contributed by atoms with Crippen molar-refractivity contribution in [3.8, 4) is 0 Å². The zero-order valence-corrected chi connectivity index (χ0v) is 12.9. The second-order valence-electron chi connectivity index (χ2n) is 3.71. The smallest absolute Gasteiger partial charge is 0.210 e. The lowest BCUT2D eigenvalue weighted by molar-refractivity contribution is 0.165. The lowest BCUT2D eigenvalue weighted by atomic mass is 10.3. The number of benzene rings is 1. The number of thiazole rings is 1. The number of halogens is 2. The molecule has 0 unspecified atom stereocenters. The Morgan fingerprint density at radius 3 is 2.84 bits per heavy atom. The Morgan fingerprint density at radius 2 is 2.11 bits per heavy atom. The van der Waals surface area contributed by atoms with E-state index >= 15 is 0 Å². The van der Waals surface area contributed by atoms with Gasteiger partial charge >= 0.3 is 0 Å². The first-order valence-electron chi connectivity index (χ1n) is 5.45. The molecule has 4 nitrogen and oxygen atoms in total. The van der Waals surface area contributed by atoms with Crippen molar-refractivity contribution in [1.82, 2.24) is 4.98 Å². The molecule has 0 aliphatic rings. The Kier molecular flexibility index (Phi) is 5.03. The molecule has 0 spiro atoms. The minimum absolute atomic E-state index is 0.0965. The van der Waals surface area contributed by atoms with E-state index in [1.807, 2.05) is 0 Å². The van der Waals surface area contributed by atoms with Crippen LogP contribution in [0.3, 0.4) is 0 Å². The van der Waals surface area contributed by atoms with E-state index in [4.69, 9.17) is 27.9 Å². The van der Waals surface area contributed by atoms with Gasteiger partial charge in [-0.3, -0.25) is 0 Å². The molecular formula is C11H11Cl2NO3S2. The van der Waals surface area contributed by atoms with Gasteiger partial charge in [-0.1, -0.05) is 11.6 Å². The predicted octanol–water partition coefficient (Wildman–Crippen LogP) is 2.98. The third-order valence-electron chi connectivity index (χ3n) is 2.31. The van der Waals surface area contributed by atoms with Crippen LogP contribution in [-0.4, -0.2) is 38.2 Å². The Balaban J connectivity index is 2.18. The molecule has 1 heterocycles. The molecular weight excluding hydrogens is 329 g/mol. The fraction of sp³-hybridized carbons (Fsp3) is 0.364. The number of ether oxygens (including phenoxy) is 1. The molecule has 0 aliphatic carbocycles. The molecule has 0 aliphatic heterocycles. The highest BCUT2D eigenvalue weighted by atomic mass is 35.5. The van der Waals surface area contributed by atoms with Gasteiger partial charge < -0.3 is 4.74 Å². The number of hydrogen-bond acceptors (Lipinski definition) is 5. The average Bonchev–Trinajstić information content (AvgIpc) is 2.78. The molecule has 8 heteroatoms. The van der Waals surface area contributed by atoms with Gasteiger partial charge in [-0.15, -0.1) is 22.9 Å². The topological polar surface area (TPSA) is 56.3 Å². The van der Waals surface area contributed by atoms with Crippen molar-refractivity contribution in [3.63, 3.8) is 0 Å². The Bertz CT molecular complexity index is 670. The first-order chi connectivity index (χ1) is 9.03. The van der Waals surface area contributed by atoms with E-state index in [-0.39, 0.29) is 16.7 Å². The number of rotatable bonds is 6. The van der Waals surface area contributed by atoms with E-state index in [9.17, 15) is 8.42 Å². The summed E-state index contributed by atoms with van der Waals surface area (Å²) in [5.41, 5.74) is 0.595. The van der Waals surface area contributed by atoms with Crippen molar-refractivity contribution >= 4 is 54.6 Å². The Morgan fingerprint density at radius 1 is 1.32 bits per heavy atom. The van der Waals surface area contributed by atoms with Gasteiger partial charge in [-0.05, 0) is 18.2 Å². The van der Waals surface area contributed by atoms with Crippen LogP contribution in [0.2, 0.25) is 5.02 Å². The van der Waals surface area contributed by atoms with Gasteiger partial charge in [0.15, 0.2) is 0 Å². The molecule has 2 aromatic rings. The number of aromatic nitrogens is 1.